The van der Waals surface area contributed by atoms with Crippen LogP contribution in [0.1, 0.15) is 12.5 Å². The SMILES string of the molecule is COc1ccc(-c2nnc(SCC(=O)N/N=C(\C)c3ccccc3O)n2-c2ccc(Cl)cc2)cc1. The number of carbonyl (C=O) groups is 1. The van der Waals surface area contributed by atoms with Gasteiger partial charge in [0, 0.05) is 21.8 Å². The molecule has 0 aliphatic heterocycles. The minimum Gasteiger partial charge on any atom is -0.507 e. The summed E-state index contributed by atoms with van der Waals surface area (Å²) in [6.07, 6.45) is 0. The van der Waals surface area contributed by atoms with Gasteiger partial charge in [0.05, 0.1) is 18.6 Å². The Balaban J connectivity index is 1.54. The third kappa shape index (κ3) is 5.82. The van der Waals surface area contributed by atoms with E-state index in [1.807, 2.05) is 41.0 Å². The van der Waals surface area contributed by atoms with Gasteiger partial charge >= 0.3 is 0 Å². The summed E-state index contributed by atoms with van der Waals surface area (Å²) in [6, 6.07) is 21.6. The van der Waals surface area contributed by atoms with Crippen LogP contribution in [0, 0.1) is 0 Å². The number of methoxy groups -OCH3 is 1. The first kappa shape index (κ1) is 24.3. The zero-order chi connectivity index (χ0) is 24.8. The molecule has 35 heavy (non-hydrogen) atoms. The number of ether oxygens (including phenoxy) is 1. The molecule has 0 aliphatic rings. The molecule has 10 heteroatoms. The Morgan fingerprint density at radius 1 is 1.09 bits per heavy atom. The standard InChI is InChI=1S/C25H22ClN5O3S/c1-16(21-5-3-4-6-22(21)32)27-28-23(33)15-35-25-30-29-24(17-7-13-20(34-2)14-8-17)31(25)19-11-9-18(26)10-12-19/h3-14,32H,15H2,1-2H3,(H,28,33)/b27-16+. The molecule has 0 fully saturated rings. The minimum atomic E-state index is -0.318. The lowest BCUT2D eigenvalue weighted by atomic mass is 10.1. The number of phenols is 1. The van der Waals surface area contributed by atoms with E-state index in [1.54, 1.807) is 50.4 Å². The van der Waals surface area contributed by atoms with E-state index in [0.717, 1.165) is 17.0 Å². The second-order valence-corrected chi connectivity index (χ2v) is 8.76. The summed E-state index contributed by atoms with van der Waals surface area (Å²) >= 11 is 7.31. The molecule has 3 aromatic carbocycles. The molecule has 1 amide bonds. The smallest absolute Gasteiger partial charge is 0.250 e. The first-order chi connectivity index (χ1) is 17.0. The third-order valence-corrected chi connectivity index (χ3v) is 6.22. The molecule has 4 aromatic rings. The zero-order valence-corrected chi connectivity index (χ0v) is 20.5. The molecule has 0 saturated heterocycles. The van der Waals surface area contributed by atoms with Crippen LogP contribution < -0.4 is 10.2 Å². The van der Waals surface area contributed by atoms with E-state index in [9.17, 15) is 9.90 Å². The van der Waals surface area contributed by atoms with Crippen molar-refractivity contribution in [3.8, 4) is 28.6 Å². The fraction of sp³-hybridized carbons (Fsp3) is 0.120. The molecule has 0 radical (unpaired) electrons. The summed E-state index contributed by atoms with van der Waals surface area (Å²) in [7, 11) is 1.61. The maximum absolute atomic E-state index is 12.5. The van der Waals surface area contributed by atoms with Crippen molar-refractivity contribution in [2.24, 2.45) is 5.10 Å². The Morgan fingerprint density at radius 3 is 2.49 bits per heavy atom. The predicted molar refractivity (Wildman–Crippen MR) is 138 cm³/mol. The summed E-state index contributed by atoms with van der Waals surface area (Å²) < 4.78 is 7.11. The number of para-hydroxylation sites is 1. The molecule has 2 N–H and O–H groups in total. The average molecular weight is 508 g/mol. The fourth-order valence-electron chi connectivity index (χ4n) is 3.26. The topological polar surface area (TPSA) is 102 Å². The largest absolute Gasteiger partial charge is 0.507 e. The van der Waals surface area contributed by atoms with Gasteiger partial charge < -0.3 is 9.84 Å². The van der Waals surface area contributed by atoms with Crippen LogP contribution in [0.3, 0.4) is 0 Å². The number of aromatic nitrogens is 3. The number of benzene rings is 3. The van der Waals surface area contributed by atoms with Gasteiger partial charge in [0.25, 0.3) is 5.91 Å². The number of thioether (sulfide) groups is 1. The second-order valence-electron chi connectivity index (χ2n) is 7.38. The molecule has 1 heterocycles. The van der Waals surface area contributed by atoms with Gasteiger partial charge in [-0.15, -0.1) is 10.2 Å². The van der Waals surface area contributed by atoms with E-state index in [4.69, 9.17) is 16.3 Å². The Labute approximate surface area is 211 Å². The van der Waals surface area contributed by atoms with Gasteiger partial charge in [0.2, 0.25) is 0 Å². The minimum absolute atomic E-state index is 0.0614. The number of hydrogen-bond acceptors (Lipinski definition) is 7. The number of rotatable bonds is 8. The van der Waals surface area contributed by atoms with Crippen LogP contribution in [-0.4, -0.2) is 44.4 Å². The molecule has 4 rings (SSSR count). The lowest BCUT2D eigenvalue weighted by Crippen LogP contribution is -2.21. The maximum Gasteiger partial charge on any atom is 0.250 e. The maximum atomic E-state index is 12.5. The average Bonchev–Trinajstić information content (AvgIpc) is 3.30. The van der Waals surface area contributed by atoms with Crippen LogP contribution in [0.4, 0.5) is 0 Å². The van der Waals surface area contributed by atoms with Crippen molar-refractivity contribution in [2.45, 2.75) is 12.1 Å². The zero-order valence-electron chi connectivity index (χ0n) is 19.0. The third-order valence-electron chi connectivity index (χ3n) is 5.04. The highest BCUT2D eigenvalue weighted by atomic mass is 35.5. The number of hydrazone groups is 1. The summed E-state index contributed by atoms with van der Waals surface area (Å²) in [4.78, 5) is 12.5. The van der Waals surface area contributed by atoms with Gasteiger partial charge in [-0.25, -0.2) is 5.43 Å². The van der Waals surface area contributed by atoms with Crippen LogP contribution in [0.25, 0.3) is 17.1 Å². The Bertz CT molecular complexity index is 1350. The molecule has 1 aromatic heterocycles. The number of hydrogen-bond donors (Lipinski definition) is 2. The second kappa shape index (κ2) is 11.1. The van der Waals surface area contributed by atoms with Gasteiger partial charge in [-0.1, -0.05) is 35.5 Å². The van der Waals surface area contributed by atoms with Crippen molar-refractivity contribution < 1.29 is 14.6 Å². The predicted octanol–water partition coefficient (Wildman–Crippen LogP) is 4.93. The summed E-state index contributed by atoms with van der Waals surface area (Å²) in [5.74, 6) is 1.19. The highest BCUT2D eigenvalue weighted by Gasteiger charge is 2.17. The van der Waals surface area contributed by atoms with Gasteiger partial charge in [-0.2, -0.15) is 5.10 Å². The molecule has 0 spiro atoms. The summed E-state index contributed by atoms with van der Waals surface area (Å²) in [5, 5.41) is 23.9. The molecule has 0 saturated carbocycles. The van der Waals surface area contributed by atoms with Crippen molar-refractivity contribution in [1.82, 2.24) is 20.2 Å². The van der Waals surface area contributed by atoms with Crippen LogP contribution in [-0.2, 0) is 4.79 Å². The molecule has 0 unspecified atom stereocenters. The normalized spacial score (nSPS) is 11.3. The molecule has 0 atom stereocenters. The first-order valence-electron chi connectivity index (χ1n) is 10.6. The van der Waals surface area contributed by atoms with Gasteiger partial charge in [0.1, 0.15) is 11.5 Å². The van der Waals surface area contributed by atoms with E-state index in [1.165, 1.54) is 11.8 Å². The van der Waals surface area contributed by atoms with E-state index in [0.29, 0.717) is 27.3 Å². The van der Waals surface area contributed by atoms with Crippen molar-refractivity contribution in [3.63, 3.8) is 0 Å². The van der Waals surface area contributed by atoms with Gasteiger partial charge in [-0.05, 0) is 67.6 Å². The monoisotopic (exact) mass is 507 g/mol. The molecule has 0 bridgehead atoms. The Morgan fingerprint density at radius 2 is 1.80 bits per heavy atom. The van der Waals surface area contributed by atoms with Crippen LogP contribution in [0.15, 0.2) is 83.1 Å². The van der Waals surface area contributed by atoms with Gasteiger partial charge in [-0.3, -0.25) is 9.36 Å². The van der Waals surface area contributed by atoms with Crippen LogP contribution in [0.2, 0.25) is 5.02 Å². The van der Waals surface area contributed by atoms with E-state index >= 15 is 0 Å². The quantitative estimate of drug-likeness (QED) is 0.199. The number of phenolic OH excluding ortho intramolecular Hbond substituents is 1. The van der Waals surface area contributed by atoms with Gasteiger partial charge in [0.15, 0.2) is 11.0 Å². The lowest BCUT2D eigenvalue weighted by molar-refractivity contribution is -0.118. The van der Waals surface area contributed by atoms with Crippen molar-refractivity contribution in [1.29, 1.82) is 0 Å². The number of nitrogens with zero attached hydrogens (tertiary/aromatic N) is 4. The highest BCUT2D eigenvalue weighted by molar-refractivity contribution is 7.99. The number of amides is 1. The molecule has 0 aliphatic carbocycles. The highest BCUT2D eigenvalue weighted by Crippen LogP contribution is 2.29. The summed E-state index contributed by atoms with van der Waals surface area (Å²) in [6.45, 7) is 1.71. The van der Waals surface area contributed by atoms with E-state index in [2.05, 4.69) is 20.7 Å². The summed E-state index contributed by atoms with van der Waals surface area (Å²) in [5.41, 5.74) is 5.21. The van der Waals surface area contributed by atoms with Crippen LogP contribution in [0.5, 0.6) is 11.5 Å². The van der Waals surface area contributed by atoms with Crippen molar-refractivity contribution in [2.75, 3.05) is 12.9 Å². The fourth-order valence-corrected chi connectivity index (χ4v) is 4.13. The Hall–Kier alpha value is -3.82. The van der Waals surface area contributed by atoms with E-state index in [-0.39, 0.29) is 17.4 Å². The lowest BCUT2D eigenvalue weighted by Gasteiger charge is -2.11. The number of carbonyl (C=O) groups excluding carboxylic acids is 1. The Kier molecular flexibility index (Phi) is 7.69. The molecular formula is C25H22ClN5O3S. The van der Waals surface area contributed by atoms with Crippen molar-refractivity contribution >= 4 is 35.0 Å². The van der Waals surface area contributed by atoms with Crippen molar-refractivity contribution in [3.05, 3.63) is 83.4 Å². The molecular weight excluding hydrogens is 486 g/mol. The molecule has 8 nitrogen and oxygen atoms in total. The first-order valence-corrected chi connectivity index (χ1v) is 11.9. The number of nitrogens with one attached hydrogen (secondary N) is 1. The number of halogens is 1. The van der Waals surface area contributed by atoms with E-state index < -0.39 is 0 Å². The number of aromatic hydroxyl groups is 1. The molecule has 178 valence electrons. The van der Waals surface area contributed by atoms with Crippen LogP contribution >= 0.6 is 23.4 Å².